The molecule has 1 rings (SSSR count). The first kappa shape index (κ1) is 11.7. The first-order chi connectivity index (χ1) is 6.91. The molecule has 0 aromatic carbocycles. The van der Waals surface area contributed by atoms with E-state index in [4.69, 9.17) is 0 Å². The van der Waals surface area contributed by atoms with Crippen molar-refractivity contribution >= 4 is 11.6 Å². The van der Waals surface area contributed by atoms with Crippen molar-refractivity contribution in [3.05, 3.63) is 22.5 Å². The topological polar surface area (TPSA) is 39.1 Å². The van der Waals surface area contributed by atoms with Crippen molar-refractivity contribution in [1.29, 1.82) is 0 Å². The van der Waals surface area contributed by atoms with Gasteiger partial charge in [0.1, 0.15) is 0 Å². The molecule has 0 atom stereocenters. The summed E-state index contributed by atoms with van der Waals surface area (Å²) in [4.78, 5) is 23.0. The van der Waals surface area contributed by atoms with Crippen LogP contribution >= 0.6 is 0 Å². The molecule has 1 heterocycles. The van der Waals surface area contributed by atoms with Crippen LogP contribution in [0, 0.1) is 13.8 Å². The zero-order chi connectivity index (χ0) is 11.7. The van der Waals surface area contributed by atoms with Crippen molar-refractivity contribution in [3.8, 4) is 0 Å². The molecule has 0 fully saturated rings. The fraction of sp³-hybridized carbons (Fsp3) is 0.500. The van der Waals surface area contributed by atoms with E-state index in [0.29, 0.717) is 11.1 Å². The Balaban J connectivity index is 3.61. The minimum Gasteiger partial charge on any atom is -0.348 e. The smallest absolute Gasteiger partial charge is 0.162 e. The number of ketones is 2. The van der Waals surface area contributed by atoms with Crippen LogP contribution in [0.25, 0.3) is 0 Å². The lowest BCUT2D eigenvalue weighted by Crippen LogP contribution is -2.02. The number of carbonyl (C=O) groups excluding carboxylic acids is 2. The Labute approximate surface area is 90.1 Å². The molecule has 0 radical (unpaired) electrons. The predicted molar refractivity (Wildman–Crippen MR) is 59.6 cm³/mol. The first-order valence-corrected chi connectivity index (χ1v) is 5.13. The molecule has 0 bridgehead atoms. The molecular formula is C12H17NO2. The maximum atomic E-state index is 11.5. The Morgan fingerprint density at radius 3 is 1.53 bits per heavy atom. The van der Waals surface area contributed by atoms with Gasteiger partial charge in [0.25, 0.3) is 0 Å². The molecule has 0 aliphatic carbocycles. The van der Waals surface area contributed by atoms with Gasteiger partial charge < -0.3 is 4.57 Å². The number of hydrogen-bond donors (Lipinski definition) is 0. The van der Waals surface area contributed by atoms with E-state index >= 15 is 0 Å². The highest BCUT2D eigenvalue weighted by Crippen LogP contribution is 2.23. The molecule has 82 valence electrons. The molecule has 3 heteroatoms. The van der Waals surface area contributed by atoms with Gasteiger partial charge in [0, 0.05) is 29.1 Å². The third-order valence-corrected chi connectivity index (χ3v) is 2.80. The summed E-state index contributed by atoms with van der Waals surface area (Å²) in [6, 6.07) is 0. The SMILES string of the molecule is CCn1c(C)c(C(C)=O)c(C(C)=O)c1C. The standard InChI is InChI=1S/C12H17NO2/c1-6-13-7(2)11(9(4)14)12(8(13)3)10(5)15/h6H2,1-5H3. The maximum Gasteiger partial charge on any atom is 0.162 e. The van der Waals surface area contributed by atoms with Crippen molar-refractivity contribution in [3.63, 3.8) is 0 Å². The maximum absolute atomic E-state index is 11.5. The van der Waals surface area contributed by atoms with Crippen molar-refractivity contribution < 1.29 is 9.59 Å². The Kier molecular flexibility index (Phi) is 3.12. The third kappa shape index (κ3) is 1.74. The van der Waals surface area contributed by atoms with Crippen LogP contribution in [0.1, 0.15) is 52.9 Å². The zero-order valence-corrected chi connectivity index (χ0v) is 9.97. The minimum absolute atomic E-state index is 0.0343. The van der Waals surface area contributed by atoms with Gasteiger partial charge in [-0.3, -0.25) is 9.59 Å². The van der Waals surface area contributed by atoms with Crippen molar-refractivity contribution in [2.24, 2.45) is 0 Å². The van der Waals surface area contributed by atoms with Crippen molar-refractivity contribution in [2.45, 2.75) is 41.2 Å². The number of hydrogen-bond acceptors (Lipinski definition) is 2. The second kappa shape index (κ2) is 4.01. The highest BCUT2D eigenvalue weighted by atomic mass is 16.1. The summed E-state index contributed by atoms with van der Waals surface area (Å²) in [6.07, 6.45) is 0. The summed E-state index contributed by atoms with van der Waals surface area (Å²) < 4.78 is 2.01. The van der Waals surface area contributed by atoms with Crippen LogP contribution < -0.4 is 0 Å². The zero-order valence-electron chi connectivity index (χ0n) is 9.97. The van der Waals surface area contributed by atoms with Crippen LogP contribution in [0.3, 0.4) is 0 Å². The van der Waals surface area contributed by atoms with E-state index in [9.17, 15) is 9.59 Å². The fourth-order valence-corrected chi connectivity index (χ4v) is 2.22. The van der Waals surface area contributed by atoms with Gasteiger partial charge in [0.05, 0.1) is 0 Å². The Morgan fingerprint density at radius 2 is 1.33 bits per heavy atom. The summed E-state index contributed by atoms with van der Waals surface area (Å²) >= 11 is 0. The van der Waals surface area contributed by atoms with Crippen molar-refractivity contribution in [2.75, 3.05) is 0 Å². The van der Waals surface area contributed by atoms with Gasteiger partial charge in [-0.1, -0.05) is 0 Å². The monoisotopic (exact) mass is 207 g/mol. The van der Waals surface area contributed by atoms with E-state index < -0.39 is 0 Å². The molecule has 0 aliphatic rings. The molecule has 1 aromatic heterocycles. The molecule has 0 N–H and O–H groups in total. The van der Waals surface area contributed by atoms with E-state index in [1.807, 2.05) is 25.3 Å². The molecule has 0 amide bonds. The highest BCUT2D eigenvalue weighted by Gasteiger charge is 2.22. The molecule has 0 saturated heterocycles. The molecule has 0 aliphatic heterocycles. The van der Waals surface area contributed by atoms with Gasteiger partial charge in [-0.2, -0.15) is 0 Å². The quantitative estimate of drug-likeness (QED) is 0.714. The largest absolute Gasteiger partial charge is 0.348 e. The number of carbonyl (C=O) groups is 2. The van der Waals surface area contributed by atoms with Gasteiger partial charge in [-0.05, 0) is 34.6 Å². The summed E-state index contributed by atoms with van der Waals surface area (Å²) in [5.41, 5.74) is 2.96. The molecule has 1 aromatic rings. The van der Waals surface area contributed by atoms with Gasteiger partial charge in [0.2, 0.25) is 0 Å². The molecule has 0 saturated carbocycles. The van der Waals surface area contributed by atoms with Crippen molar-refractivity contribution in [1.82, 2.24) is 4.57 Å². The molecule has 0 spiro atoms. The van der Waals surface area contributed by atoms with E-state index in [0.717, 1.165) is 17.9 Å². The molecular weight excluding hydrogens is 190 g/mol. The van der Waals surface area contributed by atoms with Crippen LogP contribution in [-0.4, -0.2) is 16.1 Å². The second-order valence-corrected chi connectivity index (χ2v) is 3.78. The number of aromatic nitrogens is 1. The van der Waals surface area contributed by atoms with Crippen LogP contribution in [0.15, 0.2) is 0 Å². The Hall–Kier alpha value is -1.38. The third-order valence-electron chi connectivity index (χ3n) is 2.80. The molecule has 3 nitrogen and oxygen atoms in total. The summed E-state index contributed by atoms with van der Waals surface area (Å²) in [5, 5.41) is 0. The summed E-state index contributed by atoms with van der Waals surface area (Å²) in [6.45, 7) is 9.58. The van der Waals surface area contributed by atoms with Crippen LogP contribution in [0.2, 0.25) is 0 Å². The normalized spacial score (nSPS) is 10.5. The van der Waals surface area contributed by atoms with Crippen LogP contribution in [0.5, 0.6) is 0 Å². The number of rotatable bonds is 3. The van der Waals surface area contributed by atoms with Crippen LogP contribution in [-0.2, 0) is 6.54 Å². The molecule has 0 unspecified atom stereocenters. The molecule has 15 heavy (non-hydrogen) atoms. The average Bonchev–Trinajstić information content (AvgIpc) is 2.37. The van der Waals surface area contributed by atoms with Crippen LogP contribution in [0.4, 0.5) is 0 Å². The van der Waals surface area contributed by atoms with E-state index in [1.165, 1.54) is 13.8 Å². The second-order valence-electron chi connectivity index (χ2n) is 3.78. The van der Waals surface area contributed by atoms with E-state index in [1.54, 1.807) is 0 Å². The lowest BCUT2D eigenvalue weighted by molar-refractivity contribution is 0.0981. The van der Waals surface area contributed by atoms with E-state index in [2.05, 4.69) is 0 Å². The van der Waals surface area contributed by atoms with Gasteiger partial charge in [-0.25, -0.2) is 0 Å². The predicted octanol–water partition coefficient (Wildman–Crippen LogP) is 2.53. The number of nitrogens with zero attached hydrogens (tertiary/aromatic N) is 1. The van der Waals surface area contributed by atoms with Gasteiger partial charge >= 0.3 is 0 Å². The lowest BCUT2D eigenvalue weighted by atomic mass is 10.0. The first-order valence-electron chi connectivity index (χ1n) is 5.13. The minimum atomic E-state index is -0.0343. The van der Waals surface area contributed by atoms with E-state index in [-0.39, 0.29) is 11.6 Å². The average molecular weight is 207 g/mol. The number of Topliss-reactive ketones (excluding diaryl/α,β-unsaturated/α-hetero) is 2. The summed E-state index contributed by atoms with van der Waals surface area (Å²) in [5.74, 6) is -0.0685. The summed E-state index contributed by atoms with van der Waals surface area (Å²) in [7, 11) is 0. The fourth-order valence-electron chi connectivity index (χ4n) is 2.22. The Morgan fingerprint density at radius 1 is 1.00 bits per heavy atom. The Bertz CT molecular complexity index is 390. The van der Waals surface area contributed by atoms with Gasteiger partial charge in [0.15, 0.2) is 11.6 Å². The lowest BCUT2D eigenvalue weighted by Gasteiger charge is -2.04. The highest BCUT2D eigenvalue weighted by molar-refractivity contribution is 6.09. The van der Waals surface area contributed by atoms with Gasteiger partial charge in [-0.15, -0.1) is 0 Å².